The van der Waals surface area contributed by atoms with E-state index in [1.165, 1.54) is 77.7 Å². The topological polar surface area (TPSA) is 15.3 Å². The summed E-state index contributed by atoms with van der Waals surface area (Å²) in [5, 5.41) is 3.53. The maximum absolute atomic E-state index is 5.62. The molecule has 0 aromatic heterocycles. The van der Waals surface area contributed by atoms with Crippen LogP contribution >= 0.6 is 11.6 Å². The summed E-state index contributed by atoms with van der Waals surface area (Å²) in [7, 11) is 0. The van der Waals surface area contributed by atoms with E-state index in [4.69, 9.17) is 11.6 Å². The van der Waals surface area contributed by atoms with E-state index in [9.17, 15) is 0 Å². The molecule has 16 heavy (non-hydrogen) atoms. The lowest BCUT2D eigenvalue weighted by molar-refractivity contribution is 0.331. The second-order valence-electron chi connectivity index (χ2n) is 4.76. The van der Waals surface area contributed by atoms with E-state index in [0.717, 1.165) is 5.88 Å². The molecule has 0 atom stereocenters. The fourth-order valence-electron chi connectivity index (χ4n) is 2.26. The SMILES string of the molecule is ClCCCCCCNCCCN1CCCC1. The van der Waals surface area contributed by atoms with Gasteiger partial charge >= 0.3 is 0 Å². The number of likely N-dealkylation sites (tertiary alicyclic amines) is 1. The van der Waals surface area contributed by atoms with Crippen molar-refractivity contribution in [3.63, 3.8) is 0 Å². The van der Waals surface area contributed by atoms with Crippen molar-refractivity contribution in [2.75, 3.05) is 38.6 Å². The largest absolute Gasteiger partial charge is 0.317 e. The van der Waals surface area contributed by atoms with E-state index in [-0.39, 0.29) is 0 Å². The first-order valence-corrected chi connectivity index (χ1v) is 7.46. The summed E-state index contributed by atoms with van der Waals surface area (Å²) in [6, 6.07) is 0. The highest BCUT2D eigenvalue weighted by molar-refractivity contribution is 6.17. The lowest BCUT2D eigenvalue weighted by Crippen LogP contribution is -2.25. The zero-order valence-corrected chi connectivity index (χ0v) is 11.3. The van der Waals surface area contributed by atoms with Crippen LogP contribution in [0.5, 0.6) is 0 Å². The van der Waals surface area contributed by atoms with Crippen molar-refractivity contribution in [1.82, 2.24) is 10.2 Å². The molecule has 1 aliphatic rings. The van der Waals surface area contributed by atoms with Crippen LogP contribution in [0.15, 0.2) is 0 Å². The zero-order valence-electron chi connectivity index (χ0n) is 10.5. The Morgan fingerprint density at radius 1 is 0.875 bits per heavy atom. The van der Waals surface area contributed by atoms with Crippen molar-refractivity contribution < 1.29 is 0 Å². The van der Waals surface area contributed by atoms with Gasteiger partial charge in [0.05, 0.1) is 0 Å². The zero-order chi connectivity index (χ0) is 11.5. The molecule has 1 heterocycles. The highest BCUT2D eigenvalue weighted by atomic mass is 35.5. The van der Waals surface area contributed by atoms with E-state index >= 15 is 0 Å². The summed E-state index contributed by atoms with van der Waals surface area (Å²) in [5.41, 5.74) is 0. The third-order valence-corrected chi connectivity index (χ3v) is 3.53. The fraction of sp³-hybridized carbons (Fsp3) is 1.00. The van der Waals surface area contributed by atoms with Gasteiger partial charge in [-0.25, -0.2) is 0 Å². The molecule has 1 N–H and O–H groups in total. The third-order valence-electron chi connectivity index (χ3n) is 3.26. The van der Waals surface area contributed by atoms with Gasteiger partial charge in [-0.2, -0.15) is 0 Å². The lowest BCUT2D eigenvalue weighted by Gasteiger charge is -2.14. The van der Waals surface area contributed by atoms with Gasteiger partial charge in [0.1, 0.15) is 0 Å². The smallest absolute Gasteiger partial charge is 0.0223 e. The Labute approximate surface area is 106 Å². The van der Waals surface area contributed by atoms with Crippen LogP contribution in [0.2, 0.25) is 0 Å². The van der Waals surface area contributed by atoms with Gasteiger partial charge in [-0.1, -0.05) is 12.8 Å². The van der Waals surface area contributed by atoms with E-state index in [2.05, 4.69) is 10.2 Å². The van der Waals surface area contributed by atoms with Gasteiger partial charge in [-0.15, -0.1) is 11.6 Å². The molecular weight excluding hydrogens is 220 g/mol. The quantitative estimate of drug-likeness (QED) is 0.471. The van der Waals surface area contributed by atoms with Crippen molar-refractivity contribution in [3.05, 3.63) is 0 Å². The number of hydrogen-bond donors (Lipinski definition) is 1. The normalized spacial score (nSPS) is 17.1. The summed E-state index contributed by atoms with van der Waals surface area (Å²) in [6.07, 6.45) is 9.23. The molecule has 0 spiro atoms. The molecule has 0 radical (unpaired) electrons. The molecule has 1 fully saturated rings. The monoisotopic (exact) mass is 246 g/mol. The van der Waals surface area contributed by atoms with Gasteiger partial charge in [0.15, 0.2) is 0 Å². The molecule has 1 saturated heterocycles. The van der Waals surface area contributed by atoms with Gasteiger partial charge in [-0.05, 0) is 64.8 Å². The van der Waals surface area contributed by atoms with Gasteiger partial charge in [-0.3, -0.25) is 0 Å². The molecule has 0 amide bonds. The summed E-state index contributed by atoms with van der Waals surface area (Å²) < 4.78 is 0. The molecule has 0 aromatic rings. The molecular formula is C13H27ClN2. The van der Waals surface area contributed by atoms with E-state index in [0.29, 0.717) is 0 Å². The third kappa shape index (κ3) is 7.48. The molecule has 2 nitrogen and oxygen atoms in total. The number of rotatable bonds is 10. The molecule has 0 aromatic carbocycles. The first-order chi connectivity index (χ1) is 7.93. The molecule has 0 unspecified atom stereocenters. The molecule has 0 bridgehead atoms. The molecule has 96 valence electrons. The number of nitrogens with zero attached hydrogens (tertiary/aromatic N) is 1. The Balaban J connectivity index is 1.71. The number of nitrogens with one attached hydrogen (secondary N) is 1. The summed E-state index contributed by atoms with van der Waals surface area (Å²) in [5.74, 6) is 0.823. The molecule has 1 rings (SSSR count). The fourth-order valence-corrected chi connectivity index (χ4v) is 2.45. The lowest BCUT2D eigenvalue weighted by atomic mass is 10.2. The Bertz CT molecular complexity index is 147. The Kier molecular flexibility index (Phi) is 9.25. The van der Waals surface area contributed by atoms with Gasteiger partial charge in [0, 0.05) is 5.88 Å². The van der Waals surface area contributed by atoms with E-state index in [1.54, 1.807) is 0 Å². The predicted octanol–water partition coefficient (Wildman–Crippen LogP) is 2.86. The molecule has 0 aliphatic carbocycles. The molecule has 3 heteroatoms. The summed E-state index contributed by atoms with van der Waals surface area (Å²) >= 11 is 5.62. The van der Waals surface area contributed by atoms with Crippen molar-refractivity contribution in [3.8, 4) is 0 Å². The first-order valence-electron chi connectivity index (χ1n) is 6.92. The maximum Gasteiger partial charge on any atom is 0.0223 e. The number of halogens is 1. The maximum atomic E-state index is 5.62. The predicted molar refractivity (Wildman–Crippen MR) is 72.3 cm³/mol. The second kappa shape index (κ2) is 10.4. The minimum Gasteiger partial charge on any atom is -0.317 e. The average Bonchev–Trinajstić information content (AvgIpc) is 2.80. The Hall–Kier alpha value is 0.210. The number of hydrogen-bond acceptors (Lipinski definition) is 2. The van der Waals surface area contributed by atoms with Crippen LogP contribution in [0.1, 0.15) is 44.9 Å². The van der Waals surface area contributed by atoms with Gasteiger partial charge in [0.25, 0.3) is 0 Å². The van der Waals surface area contributed by atoms with E-state index in [1.807, 2.05) is 0 Å². The van der Waals surface area contributed by atoms with Crippen LogP contribution in [-0.2, 0) is 0 Å². The van der Waals surface area contributed by atoms with Crippen LogP contribution in [0.3, 0.4) is 0 Å². The average molecular weight is 247 g/mol. The van der Waals surface area contributed by atoms with Crippen LogP contribution < -0.4 is 5.32 Å². The summed E-state index contributed by atoms with van der Waals surface area (Å²) in [6.45, 7) is 6.32. The van der Waals surface area contributed by atoms with Crippen LogP contribution in [0, 0.1) is 0 Å². The van der Waals surface area contributed by atoms with Crippen molar-refractivity contribution >= 4 is 11.6 Å². The van der Waals surface area contributed by atoms with Crippen LogP contribution in [-0.4, -0.2) is 43.5 Å². The van der Waals surface area contributed by atoms with Crippen molar-refractivity contribution in [1.29, 1.82) is 0 Å². The van der Waals surface area contributed by atoms with Gasteiger partial charge < -0.3 is 10.2 Å². The molecule has 1 aliphatic heterocycles. The minimum absolute atomic E-state index is 0.823. The summed E-state index contributed by atoms with van der Waals surface area (Å²) in [4.78, 5) is 2.59. The standard InChI is InChI=1S/C13H27ClN2/c14-8-3-1-2-4-9-15-10-7-13-16-11-5-6-12-16/h15H,1-13H2. The first kappa shape index (κ1) is 14.3. The van der Waals surface area contributed by atoms with E-state index < -0.39 is 0 Å². The van der Waals surface area contributed by atoms with Crippen molar-refractivity contribution in [2.45, 2.75) is 44.9 Å². The van der Waals surface area contributed by atoms with Gasteiger partial charge in [0.2, 0.25) is 0 Å². The second-order valence-corrected chi connectivity index (χ2v) is 5.13. The highest BCUT2D eigenvalue weighted by Gasteiger charge is 2.09. The van der Waals surface area contributed by atoms with Crippen LogP contribution in [0.25, 0.3) is 0 Å². The molecule has 0 saturated carbocycles. The highest BCUT2D eigenvalue weighted by Crippen LogP contribution is 2.06. The number of alkyl halides is 1. The minimum atomic E-state index is 0.823. The van der Waals surface area contributed by atoms with Crippen molar-refractivity contribution in [2.24, 2.45) is 0 Å². The number of unbranched alkanes of at least 4 members (excludes halogenated alkanes) is 3. The van der Waals surface area contributed by atoms with Crippen LogP contribution in [0.4, 0.5) is 0 Å². The Morgan fingerprint density at radius 3 is 2.31 bits per heavy atom. The Morgan fingerprint density at radius 2 is 1.56 bits per heavy atom.